The molecule has 0 spiro atoms. The van der Waals surface area contributed by atoms with Crippen LogP contribution in [-0.2, 0) is 4.74 Å². The van der Waals surface area contributed by atoms with Gasteiger partial charge < -0.3 is 25.3 Å². The summed E-state index contributed by atoms with van der Waals surface area (Å²) in [6, 6.07) is 7.47. The molecule has 4 rings (SSSR count). The number of hydrogen-bond donors (Lipinski definition) is 4. The van der Waals surface area contributed by atoms with Crippen LogP contribution in [0.4, 0.5) is 10.1 Å². The Labute approximate surface area is 189 Å². The predicted molar refractivity (Wildman–Crippen MR) is 119 cm³/mol. The first kappa shape index (κ1) is 22.8. The molecule has 1 saturated heterocycles. The number of aliphatic hydroxyl groups is 2. The van der Waals surface area contributed by atoms with Crippen molar-refractivity contribution in [1.82, 2.24) is 9.97 Å². The molecule has 0 saturated carbocycles. The highest BCUT2D eigenvalue weighted by Crippen LogP contribution is 2.36. The molecule has 4 N–H and O–H groups in total. The van der Waals surface area contributed by atoms with Crippen LogP contribution in [-0.4, -0.2) is 44.4 Å². The van der Waals surface area contributed by atoms with Crippen molar-refractivity contribution in [3.05, 3.63) is 82.3 Å². The standard InChI is InChI=1S/C24H24FN3O5/c1-2-20-23(31)19(29)9-21(33-20)14-7-8-26-12-18(14)28-24(32)16-11-27-10-15(22(16)30)13-5-3-4-6-17(13)25/h3-8,10-12,19-21,23,29,31H,2,9H2,1H3,(H,27,30)(H,28,32)/t19-,20-,21-,23+/m1/s1. The largest absolute Gasteiger partial charge is 0.390 e. The van der Waals surface area contributed by atoms with Crippen LogP contribution in [0.2, 0.25) is 0 Å². The third-order valence-electron chi connectivity index (χ3n) is 5.78. The number of ether oxygens (including phenoxy) is 1. The van der Waals surface area contributed by atoms with E-state index in [1.807, 2.05) is 6.92 Å². The molecular weight excluding hydrogens is 429 g/mol. The second-order valence-electron chi connectivity index (χ2n) is 7.87. The van der Waals surface area contributed by atoms with Gasteiger partial charge in [-0.15, -0.1) is 0 Å². The predicted octanol–water partition coefficient (Wildman–Crippen LogP) is 2.79. The van der Waals surface area contributed by atoms with E-state index in [0.29, 0.717) is 17.7 Å². The third kappa shape index (κ3) is 4.56. The Balaban J connectivity index is 1.63. The molecule has 1 amide bonds. The fourth-order valence-corrected chi connectivity index (χ4v) is 4.00. The highest BCUT2D eigenvalue weighted by Gasteiger charge is 2.37. The van der Waals surface area contributed by atoms with Gasteiger partial charge in [-0.2, -0.15) is 0 Å². The first-order valence-electron chi connectivity index (χ1n) is 10.6. The van der Waals surface area contributed by atoms with Crippen molar-refractivity contribution in [1.29, 1.82) is 0 Å². The Kier molecular flexibility index (Phi) is 6.64. The number of rotatable bonds is 5. The highest BCUT2D eigenvalue weighted by atomic mass is 19.1. The van der Waals surface area contributed by atoms with Gasteiger partial charge >= 0.3 is 0 Å². The first-order valence-corrected chi connectivity index (χ1v) is 10.6. The van der Waals surface area contributed by atoms with E-state index in [9.17, 15) is 24.2 Å². The fourth-order valence-electron chi connectivity index (χ4n) is 4.00. The summed E-state index contributed by atoms with van der Waals surface area (Å²) in [7, 11) is 0. The molecule has 3 heterocycles. The van der Waals surface area contributed by atoms with Gasteiger partial charge in [0.15, 0.2) is 0 Å². The summed E-state index contributed by atoms with van der Waals surface area (Å²) in [5.74, 6) is -1.28. The molecule has 1 aliphatic rings. The minimum absolute atomic E-state index is 0.0330. The van der Waals surface area contributed by atoms with Crippen LogP contribution < -0.4 is 10.7 Å². The molecule has 9 heteroatoms. The van der Waals surface area contributed by atoms with E-state index in [1.54, 1.807) is 12.1 Å². The smallest absolute Gasteiger partial charge is 0.261 e. The Morgan fingerprint density at radius 3 is 2.79 bits per heavy atom. The lowest BCUT2D eigenvalue weighted by atomic mass is 9.92. The second kappa shape index (κ2) is 9.62. The molecule has 0 radical (unpaired) electrons. The number of aromatic amines is 1. The zero-order valence-corrected chi connectivity index (χ0v) is 17.9. The Bertz CT molecular complexity index is 1210. The Hall–Kier alpha value is -3.40. The molecule has 8 nitrogen and oxygen atoms in total. The summed E-state index contributed by atoms with van der Waals surface area (Å²) in [5, 5.41) is 23.0. The molecule has 1 aliphatic heterocycles. The van der Waals surface area contributed by atoms with E-state index in [1.165, 1.54) is 43.0 Å². The highest BCUT2D eigenvalue weighted by molar-refractivity contribution is 6.05. The summed E-state index contributed by atoms with van der Waals surface area (Å²) >= 11 is 0. The number of benzene rings is 1. The van der Waals surface area contributed by atoms with Gasteiger partial charge in [-0.25, -0.2) is 4.39 Å². The molecule has 172 valence electrons. The van der Waals surface area contributed by atoms with Gasteiger partial charge in [0.2, 0.25) is 5.43 Å². The SMILES string of the molecule is CC[C@H]1O[C@@H](c2ccncc2NC(=O)c2c[nH]cc(-c3ccccc3F)c2=O)C[C@@H](O)[C@@H]1O. The summed E-state index contributed by atoms with van der Waals surface area (Å²) in [6.07, 6.45) is 3.06. The lowest BCUT2D eigenvalue weighted by Gasteiger charge is -2.37. The molecular formula is C24H24FN3O5. The van der Waals surface area contributed by atoms with Crippen LogP contribution in [0, 0.1) is 5.82 Å². The lowest BCUT2D eigenvalue weighted by Crippen LogP contribution is -2.45. The molecule has 1 aromatic carbocycles. The number of aromatic nitrogens is 2. The van der Waals surface area contributed by atoms with Crippen molar-refractivity contribution in [2.24, 2.45) is 0 Å². The van der Waals surface area contributed by atoms with Gasteiger partial charge in [0.05, 0.1) is 30.2 Å². The number of aliphatic hydroxyl groups excluding tert-OH is 2. The fraction of sp³-hybridized carbons (Fsp3) is 0.292. The summed E-state index contributed by atoms with van der Waals surface area (Å²) in [6.45, 7) is 1.84. The van der Waals surface area contributed by atoms with Crippen molar-refractivity contribution >= 4 is 11.6 Å². The van der Waals surface area contributed by atoms with Crippen LogP contribution in [0.15, 0.2) is 59.9 Å². The maximum absolute atomic E-state index is 14.2. The zero-order valence-electron chi connectivity index (χ0n) is 17.9. The average molecular weight is 453 g/mol. The van der Waals surface area contributed by atoms with Gasteiger partial charge in [-0.05, 0) is 18.6 Å². The quantitative estimate of drug-likeness (QED) is 0.471. The minimum atomic E-state index is -0.995. The lowest BCUT2D eigenvalue weighted by molar-refractivity contribution is -0.170. The number of nitrogens with one attached hydrogen (secondary N) is 2. The van der Waals surface area contributed by atoms with Gasteiger partial charge in [-0.3, -0.25) is 14.6 Å². The molecule has 0 unspecified atom stereocenters. The van der Waals surface area contributed by atoms with E-state index < -0.39 is 41.6 Å². The zero-order chi connectivity index (χ0) is 23.5. The van der Waals surface area contributed by atoms with Crippen molar-refractivity contribution in [3.8, 4) is 11.1 Å². The number of hydrogen-bond acceptors (Lipinski definition) is 6. The first-order chi connectivity index (χ1) is 15.9. The molecule has 2 aromatic heterocycles. The number of nitrogens with zero attached hydrogens (tertiary/aromatic N) is 1. The van der Waals surface area contributed by atoms with E-state index in [0.717, 1.165) is 0 Å². The summed E-state index contributed by atoms with van der Waals surface area (Å²) in [5.41, 5.74) is 0.165. The molecule has 0 aliphatic carbocycles. The van der Waals surface area contributed by atoms with E-state index in [2.05, 4.69) is 15.3 Å². The monoisotopic (exact) mass is 453 g/mol. The van der Waals surface area contributed by atoms with Crippen molar-refractivity contribution in [3.63, 3.8) is 0 Å². The number of halogens is 1. The molecule has 33 heavy (non-hydrogen) atoms. The van der Waals surface area contributed by atoms with E-state index in [-0.39, 0.29) is 23.1 Å². The van der Waals surface area contributed by atoms with E-state index in [4.69, 9.17) is 4.74 Å². The van der Waals surface area contributed by atoms with Crippen molar-refractivity contribution < 1.29 is 24.1 Å². The minimum Gasteiger partial charge on any atom is -0.390 e. The third-order valence-corrected chi connectivity index (χ3v) is 5.78. The molecule has 0 bridgehead atoms. The van der Waals surface area contributed by atoms with Crippen molar-refractivity contribution in [2.75, 3.05) is 5.32 Å². The number of anilines is 1. The van der Waals surface area contributed by atoms with Crippen LogP contribution >= 0.6 is 0 Å². The Morgan fingerprint density at radius 2 is 2.03 bits per heavy atom. The van der Waals surface area contributed by atoms with Crippen LogP contribution in [0.1, 0.15) is 41.8 Å². The van der Waals surface area contributed by atoms with E-state index >= 15 is 0 Å². The Morgan fingerprint density at radius 1 is 1.24 bits per heavy atom. The van der Waals surface area contributed by atoms with Gasteiger partial charge in [0, 0.05) is 41.7 Å². The van der Waals surface area contributed by atoms with Crippen LogP contribution in [0.5, 0.6) is 0 Å². The molecule has 3 aromatic rings. The van der Waals surface area contributed by atoms with Crippen LogP contribution in [0.3, 0.4) is 0 Å². The normalized spacial score (nSPS) is 22.7. The summed E-state index contributed by atoms with van der Waals surface area (Å²) < 4.78 is 20.1. The maximum atomic E-state index is 14.2. The average Bonchev–Trinajstić information content (AvgIpc) is 2.82. The van der Waals surface area contributed by atoms with Gasteiger partial charge in [-0.1, -0.05) is 25.1 Å². The van der Waals surface area contributed by atoms with Crippen molar-refractivity contribution in [2.45, 2.75) is 44.2 Å². The molecule has 1 fully saturated rings. The van der Waals surface area contributed by atoms with Crippen LogP contribution in [0.25, 0.3) is 11.1 Å². The topological polar surface area (TPSA) is 125 Å². The maximum Gasteiger partial charge on any atom is 0.261 e. The number of amides is 1. The number of carbonyl (C=O) groups is 1. The second-order valence-corrected chi connectivity index (χ2v) is 7.87. The number of H-pyrrole nitrogens is 1. The number of carbonyl (C=O) groups excluding carboxylic acids is 1. The summed E-state index contributed by atoms with van der Waals surface area (Å²) in [4.78, 5) is 32.7. The number of pyridine rings is 2. The van der Waals surface area contributed by atoms with Gasteiger partial charge in [0.25, 0.3) is 5.91 Å². The van der Waals surface area contributed by atoms with Gasteiger partial charge in [0.1, 0.15) is 17.5 Å². The molecule has 4 atom stereocenters.